The summed E-state index contributed by atoms with van der Waals surface area (Å²) in [6.45, 7) is 0. The van der Waals surface area contributed by atoms with E-state index in [1.165, 1.54) is 0 Å². The standard InChI is InChI=1S/C10H5BrClNS/c11-7-3-8(12)10-6(1-2-13)5-14-9(10)4-7/h3-5H,1H2. The lowest BCUT2D eigenvalue weighted by atomic mass is 10.1. The molecule has 0 aliphatic heterocycles. The van der Waals surface area contributed by atoms with Gasteiger partial charge in [-0.25, -0.2) is 0 Å². The number of nitrogens with zero attached hydrogens (tertiary/aromatic N) is 1. The van der Waals surface area contributed by atoms with Crippen LogP contribution in [0.25, 0.3) is 10.1 Å². The molecule has 0 unspecified atom stereocenters. The van der Waals surface area contributed by atoms with Crippen molar-refractivity contribution in [2.45, 2.75) is 6.42 Å². The maximum Gasteiger partial charge on any atom is 0.0670 e. The van der Waals surface area contributed by atoms with Crippen LogP contribution < -0.4 is 0 Å². The summed E-state index contributed by atoms with van der Waals surface area (Å²) in [6, 6.07) is 6.02. The van der Waals surface area contributed by atoms with Gasteiger partial charge in [0.25, 0.3) is 0 Å². The molecule has 1 nitrogen and oxygen atoms in total. The Kier molecular flexibility index (Phi) is 2.78. The fourth-order valence-corrected chi connectivity index (χ4v) is 3.53. The maximum atomic E-state index is 8.65. The average Bonchev–Trinajstić information content (AvgIpc) is 2.49. The molecule has 2 aromatic rings. The molecule has 0 N–H and O–H groups in total. The van der Waals surface area contributed by atoms with Crippen molar-refractivity contribution in [3.63, 3.8) is 0 Å². The summed E-state index contributed by atoms with van der Waals surface area (Å²) in [6.07, 6.45) is 0.418. The van der Waals surface area contributed by atoms with E-state index >= 15 is 0 Å². The van der Waals surface area contributed by atoms with Gasteiger partial charge in [-0.05, 0) is 23.1 Å². The van der Waals surface area contributed by atoms with E-state index in [0.717, 1.165) is 20.1 Å². The lowest BCUT2D eigenvalue weighted by Crippen LogP contribution is -1.78. The summed E-state index contributed by atoms with van der Waals surface area (Å²) in [5.74, 6) is 0. The molecule has 4 heteroatoms. The largest absolute Gasteiger partial charge is 0.198 e. The molecular weight excluding hydrogens is 282 g/mol. The summed E-state index contributed by atoms with van der Waals surface area (Å²) in [7, 11) is 0. The number of fused-ring (bicyclic) bond motifs is 1. The zero-order valence-corrected chi connectivity index (χ0v) is 10.2. The van der Waals surface area contributed by atoms with Gasteiger partial charge < -0.3 is 0 Å². The predicted octanol–water partition coefficient (Wildman–Crippen LogP) is 4.38. The summed E-state index contributed by atoms with van der Waals surface area (Å²) < 4.78 is 2.09. The quantitative estimate of drug-likeness (QED) is 0.763. The van der Waals surface area contributed by atoms with Crippen LogP contribution in [0.2, 0.25) is 5.02 Å². The number of nitriles is 1. The van der Waals surface area contributed by atoms with Crippen LogP contribution in [-0.2, 0) is 6.42 Å². The van der Waals surface area contributed by atoms with Crippen LogP contribution in [-0.4, -0.2) is 0 Å². The van der Waals surface area contributed by atoms with Gasteiger partial charge in [-0.1, -0.05) is 27.5 Å². The molecule has 0 radical (unpaired) electrons. The monoisotopic (exact) mass is 285 g/mol. The van der Waals surface area contributed by atoms with Crippen molar-refractivity contribution in [1.82, 2.24) is 0 Å². The Morgan fingerprint density at radius 1 is 1.50 bits per heavy atom. The fourth-order valence-electron chi connectivity index (χ4n) is 1.36. The summed E-state index contributed by atoms with van der Waals surface area (Å²) in [5, 5.41) is 12.4. The molecule has 14 heavy (non-hydrogen) atoms. The highest BCUT2D eigenvalue weighted by atomic mass is 79.9. The summed E-state index contributed by atoms with van der Waals surface area (Å²) in [4.78, 5) is 0. The van der Waals surface area contributed by atoms with Crippen molar-refractivity contribution in [3.8, 4) is 6.07 Å². The Balaban J connectivity index is 2.74. The lowest BCUT2D eigenvalue weighted by Gasteiger charge is -1.98. The first kappa shape index (κ1) is 9.97. The third-order valence-corrected chi connectivity index (χ3v) is 3.67. The van der Waals surface area contributed by atoms with E-state index in [-0.39, 0.29) is 0 Å². The topological polar surface area (TPSA) is 23.8 Å². The van der Waals surface area contributed by atoms with Gasteiger partial charge in [-0.2, -0.15) is 5.26 Å². The van der Waals surface area contributed by atoms with Gasteiger partial charge in [0.15, 0.2) is 0 Å². The maximum absolute atomic E-state index is 8.65. The Bertz CT molecular complexity index is 527. The molecule has 1 aromatic carbocycles. The summed E-state index contributed by atoms with van der Waals surface area (Å²) in [5.41, 5.74) is 1.02. The van der Waals surface area contributed by atoms with Gasteiger partial charge in [-0.3, -0.25) is 0 Å². The fraction of sp³-hybridized carbons (Fsp3) is 0.100. The van der Waals surface area contributed by atoms with E-state index in [2.05, 4.69) is 22.0 Å². The molecule has 0 spiro atoms. The minimum Gasteiger partial charge on any atom is -0.198 e. The van der Waals surface area contributed by atoms with Crippen molar-refractivity contribution in [2.75, 3.05) is 0 Å². The van der Waals surface area contributed by atoms with Gasteiger partial charge >= 0.3 is 0 Å². The molecule has 0 aliphatic rings. The molecule has 0 amide bonds. The van der Waals surface area contributed by atoms with Crippen LogP contribution in [0.15, 0.2) is 22.0 Å². The number of rotatable bonds is 1. The van der Waals surface area contributed by atoms with Gasteiger partial charge in [0, 0.05) is 14.6 Å². The molecule has 0 atom stereocenters. The Labute approximate surface area is 99.0 Å². The first-order chi connectivity index (χ1) is 6.72. The molecule has 70 valence electrons. The van der Waals surface area contributed by atoms with Crippen molar-refractivity contribution in [1.29, 1.82) is 5.26 Å². The molecule has 0 saturated carbocycles. The minimum absolute atomic E-state index is 0.418. The first-order valence-corrected chi connectivity index (χ1v) is 5.99. The summed E-state index contributed by atoms with van der Waals surface area (Å²) >= 11 is 11.1. The van der Waals surface area contributed by atoms with E-state index in [0.29, 0.717) is 11.4 Å². The predicted molar refractivity (Wildman–Crippen MR) is 63.9 cm³/mol. The van der Waals surface area contributed by atoms with Crippen molar-refractivity contribution in [2.24, 2.45) is 0 Å². The number of hydrogen-bond acceptors (Lipinski definition) is 2. The van der Waals surface area contributed by atoms with Gasteiger partial charge in [0.05, 0.1) is 17.5 Å². The normalized spacial score (nSPS) is 10.4. The second-order valence-electron chi connectivity index (χ2n) is 2.86. The first-order valence-electron chi connectivity index (χ1n) is 3.94. The Hall–Kier alpha value is -0.560. The minimum atomic E-state index is 0.418. The number of benzene rings is 1. The molecule has 0 saturated heterocycles. The Morgan fingerprint density at radius 2 is 2.29 bits per heavy atom. The smallest absolute Gasteiger partial charge is 0.0670 e. The van der Waals surface area contributed by atoms with Crippen LogP contribution in [0.5, 0.6) is 0 Å². The van der Waals surface area contributed by atoms with Crippen LogP contribution in [0.1, 0.15) is 5.56 Å². The van der Waals surface area contributed by atoms with Crippen molar-refractivity contribution >= 4 is 49.0 Å². The van der Waals surface area contributed by atoms with E-state index in [4.69, 9.17) is 16.9 Å². The zero-order valence-electron chi connectivity index (χ0n) is 7.05. The highest BCUT2D eigenvalue weighted by Crippen LogP contribution is 2.35. The molecule has 1 aromatic heterocycles. The van der Waals surface area contributed by atoms with Crippen molar-refractivity contribution < 1.29 is 0 Å². The lowest BCUT2D eigenvalue weighted by molar-refractivity contribution is 1.30. The van der Waals surface area contributed by atoms with Gasteiger partial charge in [0.2, 0.25) is 0 Å². The Morgan fingerprint density at radius 3 is 3.00 bits per heavy atom. The number of hydrogen-bond donors (Lipinski definition) is 0. The highest BCUT2D eigenvalue weighted by Gasteiger charge is 2.08. The van der Waals surface area contributed by atoms with Crippen LogP contribution in [0, 0.1) is 11.3 Å². The van der Waals surface area contributed by atoms with E-state index in [9.17, 15) is 0 Å². The molecule has 2 rings (SSSR count). The van der Waals surface area contributed by atoms with Crippen LogP contribution in [0.4, 0.5) is 0 Å². The van der Waals surface area contributed by atoms with E-state index in [1.807, 2.05) is 17.5 Å². The van der Waals surface area contributed by atoms with Crippen molar-refractivity contribution in [3.05, 3.63) is 32.6 Å². The molecular formula is C10H5BrClNS. The average molecular weight is 287 g/mol. The third-order valence-electron chi connectivity index (χ3n) is 1.94. The van der Waals surface area contributed by atoms with Crippen LogP contribution >= 0.6 is 38.9 Å². The van der Waals surface area contributed by atoms with Gasteiger partial charge in [-0.15, -0.1) is 11.3 Å². The SMILES string of the molecule is N#CCc1csc2cc(Br)cc(Cl)c12. The van der Waals surface area contributed by atoms with Crippen LogP contribution in [0.3, 0.4) is 0 Å². The third kappa shape index (κ3) is 1.66. The molecule has 0 fully saturated rings. The number of halogens is 2. The zero-order chi connectivity index (χ0) is 10.1. The van der Waals surface area contributed by atoms with Gasteiger partial charge in [0.1, 0.15) is 0 Å². The highest BCUT2D eigenvalue weighted by molar-refractivity contribution is 9.10. The number of thiophene rings is 1. The second kappa shape index (κ2) is 3.90. The second-order valence-corrected chi connectivity index (χ2v) is 5.09. The molecule has 0 bridgehead atoms. The van der Waals surface area contributed by atoms with E-state index in [1.54, 1.807) is 11.3 Å². The van der Waals surface area contributed by atoms with E-state index < -0.39 is 0 Å². The molecule has 1 heterocycles. The molecule has 0 aliphatic carbocycles.